The van der Waals surface area contributed by atoms with Crippen LogP contribution in [-0.2, 0) is 42.8 Å². The molecule has 2 unspecified atom stereocenters. The van der Waals surface area contributed by atoms with Crippen LogP contribution >= 0.6 is 0 Å². The lowest BCUT2D eigenvalue weighted by Gasteiger charge is -2.39. The van der Waals surface area contributed by atoms with Crippen molar-refractivity contribution in [2.24, 2.45) is 5.41 Å². The van der Waals surface area contributed by atoms with Gasteiger partial charge in [0.05, 0.1) is 44.4 Å². The number of hydrogen-bond acceptors (Lipinski definition) is 16. The number of ether oxygens (including phenoxy) is 4. The Morgan fingerprint density at radius 1 is 0.613 bits per heavy atom. The van der Waals surface area contributed by atoms with E-state index < -0.39 is 21.6 Å². The van der Waals surface area contributed by atoms with Crippen LogP contribution in [0.15, 0.2) is 0 Å². The van der Waals surface area contributed by atoms with Crippen LogP contribution in [0.25, 0.3) is 0 Å². The second kappa shape index (κ2) is 26.9. The van der Waals surface area contributed by atoms with Gasteiger partial charge < -0.3 is 48.3 Å². The van der Waals surface area contributed by atoms with E-state index in [-0.39, 0.29) is 49.9 Å². The molecule has 2 amide bonds. The number of piperazine rings is 2. The number of unbranched alkanes of at least 4 members (excludes halogenated alkanes) is 2. The maximum absolute atomic E-state index is 12.7. The van der Waals surface area contributed by atoms with Gasteiger partial charge in [-0.1, -0.05) is 13.8 Å². The fourth-order valence-corrected chi connectivity index (χ4v) is 9.35. The molecule has 2 atom stereocenters. The van der Waals surface area contributed by atoms with Crippen molar-refractivity contribution in [3.8, 4) is 0 Å². The third-order valence-electron chi connectivity index (χ3n) is 12.5. The Kier molecular flexibility index (Phi) is 22.4. The fourth-order valence-electron chi connectivity index (χ4n) is 8.95. The summed E-state index contributed by atoms with van der Waals surface area (Å²) in [5, 5.41) is 0. The van der Waals surface area contributed by atoms with E-state index in [0.717, 1.165) is 104 Å². The standard InChI is InChI=1S/C27H48N4O6.C16H31N3O5S/c1-4-11-28-16-18-29(19-17-28)12-7-8-13-31-22-23(37-26(31)34)21-30-14-9-27(10-15-30,25(33)36-6-3)20-24(32)35-5-2;1-3-6-17-9-11-18(12-10-17)7-4-5-8-19-13-15(24-16(19)20)14-23-25(2,21)22/h23H,4-22H2,1-3H3;15H,3-14H2,1-2H3. The number of piperidine rings is 1. The van der Waals surface area contributed by atoms with Gasteiger partial charge in [-0.2, -0.15) is 8.42 Å². The van der Waals surface area contributed by atoms with Gasteiger partial charge in [0.25, 0.3) is 10.1 Å². The number of rotatable bonds is 24. The fraction of sp³-hybridized carbons (Fsp3) is 0.907. The molecule has 18 nitrogen and oxygen atoms in total. The zero-order valence-electron chi connectivity index (χ0n) is 38.6. The molecule has 0 aromatic heterocycles. The maximum Gasteiger partial charge on any atom is 0.410 e. The summed E-state index contributed by atoms with van der Waals surface area (Å²) in [4.78, 5) is 64.9. The van der Waals surface area contributed by atoms with Crippen molar-refractivity contribution in [3.05, 3.63) is 0 Å². The van der Waals surface area contributed by atoms with E-state index in [2.05, 4.69) is 38.3 Å². The summed E-state index contributed by atoms with van der Waals surface area (Å²) in [6.45, 7) is 26.5. The minimum Gasteiger partial charge on any atom is -0.466 e. The normalized spacial score (nSPS) is 23.2. The summed E-state index contributed by atoms with van der Waals surface area (Å²) in [5.41, 5.74) is -0.834. The molecule has 0 aliphatic carbocycles. The van der Waals surface area contributed by atoms with Crippen molar-refractivity contribution in [2.45, 2.75) is 97.7 Å². The van der Waals surface area contributed by atoms with Crippen molar-refractivity contribution in [1.82, 2.24) is 34.3 Å². The lowest BCUT2D eigenvalue weighted by Crippen LogP contribution is -2.48. The van der Waals surface area contributed by atoms with E-state index in [1.165, 1.54) is 25.9 Å². The zero-order chi connectivity index (χ0) is 45.0. The molecule has 0 aromatic rings. The molecule has 0 bridgehead atoms. The van der Waals surface area contributed by atoms with Crippen LogP contribution < -0.4 is 0 Å². The van der Waals surface area contributed by atoms with Gasteiger partial charge in [-0.3, -0.25) is 18.7 Å². The lowest BCUT2D eigenvalue weighted by atomic mass is 9.75. The van der Waals surface area contributed by atoms with Gasteiger partial charge in [-0.25, -0.2) is 9.59 Å². The lowest BCUT2D eigenvalue weighted by molar-refractivity contribution is -0.165. The zero-order valence-corrected chi connectivity index (χ0v) is 39.4. The molecule has 19 heteroatoms. The van der Waals surface area contributed by atoms with Crippen LogP contribution in [0, 0.1) is 5.41 Å². The molecular weight excluding hydrogens is 823 g/mol. The molecule has 358 valence electrons. The molecule has 0 spiro atoms. The van der Waals surface area contributed by atoms with Crippen LogP contribution in [0.2, 0.25) is 0 Å². The van der Waals surface area contributed by atoms with E-state index in [0.29, 0.717) is 58.7 Å². The summed E-state index contributed by atoms with van der Waals surface area (Å²) < 4.78 is 47.9. The van der Waals surface area contributed by atoms with Crippen LogP contribution in [0.1, 0.15) is 85.5 Å². The number of hydrogen-bond donors (Lipinski definition) is 0. The number of amides is 2. The summed E-state index contributed by atoms with van der Waals surface area (Å²) in [6, 6.07) is 0. The summed E-state index contributed by atoms with van der Waals surface area (Å²) in [6.07, 6.45) is 7.28. The molecule has 0 aromatic carbocycles. The number of carbonyl (C=O) groups is 4. The average molecular weight is 902 g/mol. The first-order valence-electron chi connectivity index (χ1n) is 23.5. The first kappa shape index (κ1) is 51.8. The Balaban J connectivity index is 0.000000294. The Morgan fingerprint density at radius 2 is 1.05 bits per heavy atom. The Hall–Kier alpha value is -2.81. The first-order chi connectivity index (χ1) is 29.8. The largest absolute Gasteiger partial charge is 0.466 e. The number of esters is 2. The maximum atomic E-state index is 12.7. The quantitative estimate of drug-likeness (QED) is 0.0599. The van der Waals surface area contributed by atoms with Gasteiger partial charge in [0.2, 0.25) is 0 Å². The highest BCUT2D eigenvalue weighted by Crippen LogP contribution is 2.37. The van der Waals surface area contributed by atoms with E-state index in [4.69, 9.17) is 23.1 Å². The highest BCUT2D eigenvalue weighted by atomic mass is 32.2. The van der Waals surface area contributed by atoms with Crippen molar-refractivity contribution in [1.29, 1.82) is 0 Å². The van der Waals surface area contributed by atoms with E-state index in [1.807, 2.05) is 4.90 Å². The molecule has 0 saturated carbocycles. The molecule has 0 N–H and O–H groups in total. The average Bonchev–Trinajstić information content (AvgIpc) is 3.78. The van der Waals surface area contributed by atoms with Gasteiger partial charge in [0, 0.05) is 72.0 Å². The highest BCUT2D eigenvalue weighted by molar-refractivity contribution is 7.85. The Bertz CT molecular complexity index is 1470. The molecule has 62 heavy (non-hydrogen) atoms. The topological polar surface area (TPSA) is 171 Å². The van der Waals surface area contributed by atoms with E-state index in [1.54, 1.807) is 18.7 Å². The molecule has 5 fully saturated rings. The van der Waals surface area contributed by atoms with Gasteiger partial charge >= 0.3 is 24.1 Å². The monoisotopic (exact) mass is 902 g/mol. The number of cyclic esters (lactones) is 2. The minimum absolute atomic E-state index is 0.0497. The van der Waals surface area contributed by atoms with Gasteiger partial charge in [0.1, 0.15) is 18.8 Å². The van der Waals surface area contributed by atoms with Gasteiger partial charge in [-0.05, 0) is 104 Å². The molecular formula is C43H79N7O11S. The highest BCUT2D eigenvalue weighted by Gasteiger charge is 2.45. The van der Waals surface area contributed by atoms with Crippen LogP contribution in [-0.4, -0.2) is 229 Å². The summed E-state index contributed by atoms with van der Waals surface area (Å²) >= 11 is 0. The van der Waals surface area contributed by atoms with Crippen LogP contribution in [0.5, 0.6) is 0 Å². The third kappa shape index (κ3) is 18.0. The minimum atomic E-state index is -3.51. The van der Waals surface area contributed by atoms with Gasteiger partial charge in [0.15, 0.2) is 0 Å². The van der Waals surface area contributed by atoms with E-state index >= 15 is 0 Å². The summed E-state index contributed by atoms with van der Waals surface area (Å²) in [5.74, 6) is -0.674. The molecule has 5 aliphatic rings. The second-order valence-electron chi connectivity index (χ2n) is 17.5. The second-order valence-corrected chi connectivity index (χ2v) is 19.1. The molecule has 5 saturated heterocycles. The molecule has 5 rings (SSSR count). The van der Waals surface area contributed by atoms with Crippen molar-refractivity contribution in [3.63, 3.8) is 0 Å². The van der Waals surface area contributed by atoms with Crippen LogP contribution in [0.3, 0.4) is 0 Å². The Morgan fingerprint density at radius 3 is 1.50 bits per heavy atom. The first-order valence-corrected chi connectivity index (χ1v) is 25.3. The molecule has 5 aliphatic heterocycles. The molecule has 5 heterocycles. The Labute approximate surface area is 371 Å². The SMILES string of the molecule is CCCN1CCN(CCCCN2CC(CN3CCC(CC(=O)OCC)(C(=O)OCC)CC3)OC2=O)CC1.CCCN1CCN(CCCCN2CC(COS(C)(=O)=O)OC2=O)CC1. The van der Waals surface area contributed by atoms with Crippen LogP contribution in [0.4, 0.5) is 9.59 Å². The third-order valence-corrected chi connectivity index (χ3v) is 13.0. The summed E-state index contributed by atoms with van der Waals surface area (Å²) in [7, 11) is -3.51. The number of carbonyl (C=O) groups excluding carboxylic acids is 4. The van der Waals surface area contributed by atoms with Crippen molar-refractivity contribution in [2.75, 3.05) is 150 Å². The predicted molar refractivity (Wildman–Crippen MR) is 235 cm³/mol. The number of likely N-dealkylation sites (tertiary alicyclic amines) is 1. The van der Waals surface area contributed by atoms with E-state index in [9.17, 15) is 27.6 Å². The smallest absolute Gasteiger partial charge is 0.410 e. The van der Waals surface area contributed by atoms with Gasteiger partial charge in [-0.15, -0.1) is 0 Å². The van der Waals surface area contributed by atoms with Crippen molar-refractivity contribution >= 4 is 34.2 Å². The predicted octanol–water partition coefficient (Wildman–Crippen LogP) is 2.80. The number of nitrogens with zero attached hydrogens (tertiary/aromatic N) is 7. The molecule has 0 radical (unpaired) electrons. The van der Waals surface area contributed by atoms with Crippen molar-refractivity contribution < 1.29 is 50.7 Å².